The van der Waals surface area contributed by atoms with Gasteiger partial charge in [0, 0.05) is 23.6 Å². The molecule has 2 aliphatic rings. The van der Waals surface area contributed by atoms with Crippen molar-refractivity contribution < 1.29 is 9.13 Å². The number of hydrogen-bond acceptors (Lipinski definition) is 7. The van der Waals surface area contributed by atoms with Crippen LogP contribution in [0.2, 0.25) is 10.0 Å². The standard InChI is InChI=1S/C22H20Cl2FN5O2S/c23-15-9-13(25)4-5-18(15)33-21-14-6-7-29(11-16(14)26-12-27-21)17-10-28-30(22(31)20(17)24)19-3-1-2-8-32-19/h4-5,9-10,12,19H,1-3,6-8,11H2. The summed E-state index contributed by atoms with van der Waals surface area (Å²) in [4.78, 5) is 24.5. The van der Waals surface area contributed by atoms with E-state index < -0.39 is 0 Å². The van der Waals surface area contributed by atoms with Gasteiger partial charge in [-0.1, -0.05) is 35.0 Å². The summed E-state index contributed by atoms with van der Waals surface area (Å²) in [5.41, 5.74) is 2.07. The molecule has 1 atom stereocenters. The average Bonchev–Trinajstić information content (AvgIpc) is 2.83. The number of nitrogens with zero attached hydrogens (tertiary/aromatic N) is 5. The molecule has 7 nitrogen and oxygen atoms in total. The molecule has 11 heteroatoms. The topological polar surface area (TPSA) is 73.1 Å². The van der Waals surface area contributed by atoms with E-state index in [-0.39, 0.29) is 22.6 Å². The first-order valence-electron chi connectivity index (χ1n) is 10.6. The number of anilines is 1. The van der Waals surface area contributed by atoms with Gasteiger partial charge in [-0.3, -0.25) is 4.79 Å². The Kier molecular flexibility index (Phi) is 6.56. The minimum Gasteiger partial charge on any atom is -0.363 e. The number of aromatic nitrogens is 4. The van der Waals surface area contributed by atoms with E-state index in [4.69, 9.17) is 27.9 Å². The lowest BCUT2D eigenvalue weighted by Crippen LogP contribution is -2.36. The third-order valence-corrected chi connectivity index (χ3v) is 7.66. The fraction of sp³-hybridized carbons (Fsp3) is 0.364. The van der Waals surface area contributed by atoms with Crippen LogP contribution in [0, 0.1) is 5.82 Å². The summed E-state index contributed by atoms with van der Waals surface area (Å²) in [7, 11) is 0. The lowest BCUT2D eigenvalue weighted by Gasteiger charge is -2.31. The number of benzene rings is 1. The fourth-order valence-corrected chi connectivity index (χ4v) is 5.54. The zero-order chi connectivity index (χ0) is 22.9. The third-order valence-electron chi connectivity index (χ3n) is 5.76. The molecule has 0 amide bonds. The van der Waals surface area contributed by atoms with Crippen molar-refractivity contribution in [2.75, 3.05) is 18.1 Å². The number of hydrogen-bond donors (Lipinski definition) is 0. The van der Waals surface area contributed by atoms with E-state index in [1.165, 1.54) is 34.9 Å². The molecule has 2 aliphatic heterocycles. The Morgan fingerprint density at radius 1 is 1.21 bits per heavy atom. The Balaban J connectivity index is 1.39. The number of rotatable bonds is 4. The summed E-state index contributed by atoms with van der Waals surface area (Å²) >= 11 is 14.1. The first-order valence-corrected chi connectivity index (χ1v) is 12.2. The molecule has 172 valence electrons. The van der Waals surface area contributed by atoms with Crippen LogP contribution in [-0.2, 0) is 17.7 Å². The molecule has 0 N–H and O–H groups in total. The quantitative estimate of drug-likeness (QED) is 0.465. The van der Waals surface area contributed by atoms with Gasteiger partial charge in [0.1, 0.15) is 22.2 Å². The molecular formula is C22H20Cl2FN5O2S. The number of ether oxygens (including phenoxy) is 1. The Morgan fingerprint density at radius 2 is 2.09 bits per heavy atom. The molecule has 4 heterocycles. The Morgan fingerprint density at radius 3 is 2.88 bits per heavy atom. The second-order valence-electron chi connectivity index (χ2n) is 7.87. The van der Waals surface area contributed by atoms with Gasteiger partial charge < -0.3 is 9.64 Å². The van der Waals surface area contributed by atoms with E-state index in [0.717, 1.165) is 40.4 Å². The van der Waals surface area contributed by atoms with Crippen molar-refractivity contribution in [2.45, 2.75) is 48.4 Å². The highest BCUT2D eigenvalue weighted by atomic mass is 35.5. The maximum absolute atomic E-state index is 13.4. The van der Waals surface area contributed by atoms with Crippen molar-refractivity contribution in [3.63, 3.8) is 0 Å². The number of fused-ring (bicyclic) bond motifs is 1. The van der Waals surface area contributed by atoms with Crippen molar-refractivity contribution in [1.82, 2.24) is 19.7 Å². The molecule has 3 aromatic rings. The summed E-state index contributed by atoms with van der Waals surface area (Å²) in [6, 6.07) is 4.30. The molecule has 1 saturated heterocycles. The predicted octanol–water partition coefficient (Wildman–Crippen LogP) is 4.89. The van der Waals surface area contributed by atoms with Crippen molar-refractivity contribution in [2.24, 2.45) is 0 Å². The monoisotopic (exact) mass is 507 g/mol. The highest BCUT2D eigenvalue weighted by Gasteiger charge is 2.26. The third kappa shape index (κ3) is 4.59. The van der Waals surface area contributed by atoms with Gasteiger partial charge >= 0.3 is 0 Å². The SMILES string of the molecule is O=c1c(Cl)c(N2CCc3c(ncnc3Sc3ccc(F)cc3Cl)C2)cnn1C1CCCCO1. The van der Waals surface area contributed by atoms with Gasteiger partial charge in [0.15, 0.2) is 6.23 Å². The van der Waals surface area contributed by atoms with Gasteiger partial charge in [0.25, 0.3) is 5.56 Å². The molecule has 0 spiro atoms. The van der Waals surface area contributed by atoms with Crippen LogP contribution in [-0.4, -0.2) is 32.9 Å². The molecular weight excluding hydrogens is 488 g/mol. The lowest BCUT2D eigenvalue weighted by molar-refractivity contribution is -0.0424. The summed E-state index contributed by atoms with van der Waals surface area (Å²) < 4.78 is 20.4. The average molecular weight is 508 g/mol. The highest BCUT2D eigenvalue weighted by Crippen LogP contribution is 2.37. The van der Waals surface area contributed by atoms with Crippen LogP contribution >= 0.6 is 35.0 Å². The molecule has 1 unspecified atom stereocenters. The summed E-state index contributed by atoms with van der Waals surface area (Å²) in [5.74, 6) is -0.382. The van der Waals surface area contributed by atoms with Gasteiger partial charge in [0.05, 0.1) is 29.1 Å². The van der Waals surface area contributed by atoms with Gasteiger partial charge in [-0.15, -0.1) is 0 Å². The van der Waals surface area contributed by atoms with Crippen molar-refractivity contribution in [3.05, 3.63) is 68.2 Å². The van der Waals surface area contributed by atoms with Crippen LogP contribution in [0.3, 0.4) is 0 Å². The molecule has 33 heavy (non-hydrogen) atoms. The van der Waals surface area contributed by atoms with Crippen LogP contribution in [0.1, 0.15) is 36.7 Å². The van der Waals surface area contributed by atoms with Crippen LogP contribution in [0.15, 0.2) is 45.4 Å². The number of halogens is 3. The van der Waals surface area contributed by atoms with Crippen molar-refractivity contribution in [3.8, 4) is 0 Å². The second kappa shape index (κ2) is 9.58. The van der Waals surface area contributed by atoms with E-state index >= 15 is 0 Å². The molecule has 0 saturated carbocycles. The summed E-state index contributed by atoms with van der Waals surface area (Å²) in [5, 5.41) is 5.60. The maximum Gasteiger partial charge on any atom is 0.290 e. The van der Waals surface area contributed by atoms with Gasteiger partial charge in [0.2, 0.25) is 0 Å². The van der Waals surface area contributed by atoms with Crippen LogP contribution in [0.4, 0.5) is 10.1 Å². The minimum atomic E-state index is -0.382. The van der Waals surface area contributed by atoms with E-state index in [0.29, 0.717) is 36.8 Å². The van der Waals surface area contributed by atoms with Crippen LogP contribution in [0.5, 0.6) is 0 Å². The van der Waals surface area contributed by atoms with Crippen LogP contribution in [0.25, 0.3) is 0 Å². The van der Waals surface area contributed by atoms with Crippen molar-refractivity contribution >= 4 is 40.7 Å². The first-order chi connectivity index (χ1) is 16.0. The molecule has 2 aromatic heterocycles. The Hall–Kier alpha value is -2.20. The summed E-state index contributed by atoms with van der Waals surface area (Å²) in [6.45, 7) is 1.70. The van der Waals surface area contributed by atoms with Gasteiger partial charge in [-0.05, 0) is 43.9 Å². The zero-order valence-corrected chi connectivity index (χ0v) is 19.8. The fourth-order valence-electron chi connectivity index (χ4n) is 4.06. The molecule has 1 fully saturated rings. The molecule has 1 aromatic carbocycles. The summed E-state index contributed by atoms with van der Waals surface area (Å²) in [6.07, 6.45) is 6.13. The highest BCUT2D eigenvalue weighted by molar-refractivity contribution is 7.99. The minimum absolute atomic E-state index is 0.129. The largest absolute Gasteiger partial charge is 0.363 e. The lowest BCUT2D eigenvalue weighted by atomic mass is 10.1. The molecule has 0 aliphatic carbocycles. The Bertz CT molecular complexity index is 1250. The van der Waals surface area contributed by atoms with E-state index in [2.05, 4.69) is 15.1 Å². The van der Waals surface area contributed by atoms with E-state index in [9.17, 15) is 9.18 Å². The van der Waals surface area contributed by atoms with E-state index in [1.54, 1.807) is 12.3 Å². The van der Waals surface area contributed by atoms with Gasteiger partial charge in [-0.2, -0.15) is 9.78 Å². The molecule has 0 radical (unpaired) electrons. The normalized spacial score (nSPS) is 18.3. The van der Waals surface area contributed by atoms with Crippen LogP contribution < -0.4 is 10.5 Å². The zero-order valence-electron chi connectivity index (χ0n) is 17.5. The molecule has 5 rings (SSSR count). The second-order valence-corrected chi connectivity index (χ2v) is 9.68. The smallest absolute Gasteiger partial charge is 0.290 e. The molecule has 0 bridgehead atoms. The Labute approximate surface area is 203 Å². The van der Waals surface area contributed by atoms with E-state index in [1.807, 2.05) is 4.90 Å². The van der Waals surface area contributed by atoms with Crippen molar-refractivity contribution in [1.29, 1.82) is 0 Å². The first kappa shape index (κ1) is 22.6. The van der Waals surface area contributed by atoms with Gasteiger partial charge in [-0.25, -0.2) is 14.4 Å². The maximum atomic E-state index is 13.4. The predicted molar refractivity (Wildman–Crippen MR) is 125 cm³/mol.